The van der Waals surface area contributed by atoms with E-state index in [0.29, 0.717) is 25.5 Å². The van der Waals surface area contributed by atoms with Crippen molar-refractivity contribution >= 4 is 6.09 Å². The third-order valence-electron chi connectivity index (χ3n) is 6.16. The van der Waals surface area contributed by atoms with Gasteiger partial charge in [0.25, 0.3) is 0 Å². The van der Waals surface area contributed by atoms with Gasteiger partial charge >= 0.3 is 6.09 Å². The number of rotatable bonds is 7. The van der Waals surface area contributed by atoms with Crippen molar-refractivity contribution < 1.29 is 18.7 Å². The van der Waals surface area contributed by atoms with Crippen molar-refractivity contribution in [3.63, 3.8) is 0 Å². The Balaban J connectivity index is 1.53. The van der Waals surface area contributed by atoms with Crippen LogP contribution in [0.15, 0.2) is 48.5 Å². The summed E-state index contributed by atoms with van der Waals surface area (Å²) in [5, 5.41) is 3.36. The first-order valence-corrected chi connectivity index (χ1v) is 11.1. The first kappa shape index (κ1) is 21.6. The van der Waals surface area contributed by atoms with Crippen LogP contribution < -0.4 is 10.1 Å². The maximum Gasteiger partial charge on any atom is 0.411 e. The number of carbonyl (C=O) groups excluding carboxylic acids is 1. The Hall–Kier alpha value is -2.60. The van der Waals surface area contributed by atoms with Crippen molar-refractivity contribution in [3.05, 3.63) is 65.5 Å². The van der Waals surface area contributed by atoms with Crippen LogP contribution >= 0.6 is 0 Å². The van der Waals surface area contributed by atoms with Crippen molar-refractivity contribution in [1.82, 2.24) is 10.2 Å². The lowest BCUT2D eigenvalue weighted by atomic mass is 9.81. The molecular weight excluding hydrogens is 395 g/mol. The topological polar surface area (TPSA) is 50.8 Å². The minimum atomic E-state index is -0.503. The van der Waals surface area contributed by atoms with Crippen LogP contribution in [0.1, 0.15) is 37.8 Å². The Bertz CT molecular complexity index is 877. The number of benzene rings is 2. The molecule has 2 aliphatic rings. The van der Waals surface area contributed by atoms with Crippen molar-refractivity contribution in [2.45, 2.75) is 51.3 Å². The molecule has 4 rings (SSSR count). The van der Waals surface area contributed by atoms with E-state index in [1.54, 1.807) is 12.1 Å². The molecule has 2 heterocycles. The highest BCUT2D eigenvalue weighted by Gasteiger charge is 2.53. The first-order valence-electron chi connectivity index (χ1n) is 11.1. The van der Waals surface area contributed by atoms with Crippen LogP contribution in [0.5, 0.6) is 5.75 Å². The number of piperidine rings is 1. The van der Waals surface area contributed by atoms with Crippen LogP contribution in [0.25, 0.3) is 0 Å². The number of ether oxygens (including phenoxy) is 2. The summed E-state index contributed by atoms with van der Waals surface area (Å²) in [5.74, 6) is 1.04. The minimum absolute atomic E-state index is 0.0931. The average molecular weight is 427 g/mol. The minimum Gasteiger partial charge on any atom is -0.493 e. The Kier molecular flexibility index (Phi) is 6.46. The molecule has 166 valence electrons. The maximum atomic E-state index is 13.4. The number of nitrogens with zero attached hydrogens (tertiary/aromatic N) is 1. The fourth-order valence-electron chi connectivity index (χ4n) is 4.46. The van der Waals surface area contributed by atoms with Gasteiger partial charge < -0.3 is 14.8 Å². The lowest BCUT2D eigenvalue weighted by Crippen LogP contribution is -2.52. The van der Waals surface area contributed by atoms with Gasteiger partial charge in [-0.05, 0) is 60.8 Å². The van der Waals surface area contributed by atoms with E-state index in [0.717, 1.165) is 42.8 Å². The van der Waals surface area contributed by atoms with Gasteiger partial charge in [0.15, 0.2) is 0 Å². The molecule has 31 heavy (non-hydrogen) atoms. The fraction of sp³-hybridized carbons (Fsp3) is 0.480. The molecule has 5 nitrogen and oxygen atoms in total. The molecule has 2 saturated heterocycles. The highest BCUT2D eigenvalue weighted by molar-refractivity contribution is 5.72. The predicted molar refractivity (Wildman–Crippen MR) is 118 cm³/mol. The molecule has 0 aromatic heterocycles. The lowest BCUT2D eigenvalue weighted by molar-refractivity contribution is 0.00721. The number of nitrogens with one attached hydrogen (secondary N) is 1. The molecule has 0 bridgehead atoms. The standard InChI is InChI=1S/C25H31FN2O3/c1-18(2)17-30-22-9-5-20(6-10-22)16-28-23(15-19-3-7-21(26)8-4-19)25(31-24(28)29)11-13-27-14-12-25/h3-10,18,23,27H,11-17H2,1-2H3. The second-order valence-electron chi connectivity index (χ2n) is 9.01. The Morgan fingerprint density at radius 3 is 2.39 bits per heavy atom. The van der Waals surface area contributed by atoms with E-state index in [4.69, 9.17) is 9.47 Å². The van der Waals surface area contributed by atoms with E-state index in [1.165, 1.54) is 12.1 Å². The monoisotopic (exact) mass is 426 g/mol. The van der Waals surface area contributed by atoms with Crippen LogP contribution in [0.2, 0.25) is 0 Å². The molecule has 2 aromatic rings. The van der Waals surface area contributed by atoms with Crippen molar-refractivity contribution in [3.8, 4) is 5.75 Å². The summed E-state index contributed by atoms with van der Waals surface area (Å²) in [7, 11) is 0. The Labute approximate surface area is 183 Å². The molecule has 2 aliphatic heterocycles. The van der Waals surface area contributed by atoms with Crippen LogP contribution in [0, 0.1) is 11.7 Å². The van der Waals surface area contributed by atoms with E-state index < -0.39 is 5.60 Å². The van der Waals surface area contributed by atoms with Crippen molar-refractivity contribution in [2.24, 2.45) is 5.92 Å². The molecule has 2 aromatic carbocycles. The molecule has 0 radical (unpaired) electrons. The second kappa shape index (κ2) is 9.27. The van der Waals surface area contributed by atoms with Gasteiger partial charge in [0.1, 0.15) is 17.2 Å². The lowest BCUT2D eigenvalue weighted by Gasteiger charge is -2.38. The smallest absolute Gasteiger partial charge is 0.411 e. The zero-order chi connectivity index (χ0) is 21.8. The molecule has 1 amide bonds. The highest BCUT2D eigenvalue weighted by Crippen LogP contribution is 2.39. The number of carbonyl (C=O) groups is 1. The molecule has 6 heteroatoms. The van der Waals surface area contributed by atoms with Gasteiger partial charge in [0, 0.05) is 19.4 Å². The summed E-state index contributed by atoms with van der Waals surface area (Å²) >= 11 is 0. The summed E-state index contributed by atoms with van der Waals surface area (Å²) < 4.78 is 25.2. The van der Waals surface area contributed by atoms with E-state index in [2.05, 4.69) is 19.2 Å². The van der Waals surface area contributed by atoms with Gasteiger partial charge in [-0.25, -0.2) is 9.18 Å². The Morgan fingerprint density at radius 1 is 1.10 bits per heavy atom. The van der Waals surface area contributed by atoms with Gasteiger partial charge in [-0.15, -0.1) is 0 Å². The van der Waals surface area contributed by atoms with E-state index >= 15 is 0 Å². The van der Waals surface area contributed by atoms with Gasteiger partial charge in [0.2, 0.25) is 0 Å². The van der Waals surface area contributed by atoms with Gasteiger partial charge in [-0.1, -0.05) is 38.1 Å². The van der Waals surface area contributed by atoms with Gasteiger partial charge in [-0.3, -0.25) is 4.90 Å². The zero-order valence-electron chi connectivity index (χ0n) is 18.3. The zero-order valence-corrected chi connectivity index (χ0v) is 18.3. The SMILES string of the molecule is CC(C)COc1ccc(CN2C(=O)OC3(CCNCC3)C2Cc2ccc(F)cc2)cc1. The maximum absolute atomic E-state index is 13.4. The van der Waals surface area contributed by atoms with Crippen LogP contribution in [-0.2, 0) is 17.7 Å². The van der Waals surface area contributed by atoms with Crippen LogP contribution in [0.3, 0.4) is 0 Å². The van der Waals surface area contributed by atoms with Crippen LogP contribution in [-0.4, -0.2) is 42.3 Å². The summed E-state index contributed by atoms with van der Waals surface area (Å²) in [6.45, 7) is 7.03. The fourth-order valence-corrected chi connectivity index (χ4v) is 4.46. The normalized spacial score (nSPS) is 20.3. The van der Waals surface area contributed by atoms with Crippen molar-refractivity contribution in [2.75, 3.05) is 19.7 Å². The first-order chi connectivity index (χ1) is 14.9. The average Bonchev–Trinajstić information content (AvgIpc) is 3.00. The van der Waals surface area contributed by atoms with Gasteiger partial charge in [-0.2, -0.15) is 0 Å². The number of amides is 1. The molecule has 1 N–H and O–H groups in total. The molecule has 1 spiro atoms. The summed E-state index contributed by atoms with van der Waals surface area (Å²) in [4.78, 5) is 14.8. The predicted octanol–water partition coefficient (Wildman–Crippen LogP) is 4.55. The molecule has 1 unspecified atom stereocenters. The third kappa shape index (κ3) is 5.01. The number of hydrogen-bond donors (Lipinski definition) is 1. The molecular formula is C25H31FN2O3. The summed E-state index contributed by atoms with van der Waals surface area (Å²) in [6.07, 6.45) is 1.93. The van der Waals surface area contributed by atoms with E-state index in [1.807, 2.05) is 29.2 Å². The highest BCUT2D eigenvalue weighted by atomic mass is 19.1. The van der Waals surface area contributed by atoms with E-state index in [9.17, 15) is 9.18 Å². The largest absolute Gasteiger partial charge is 0.493 e. The number of halogens is 1. The van der Waals surface area contributed by atoms with E-state index in [-0.39, 0.29) is 18.0 Å². The summed E-state index contributed by atoms with van der Waals surface area (Å²) in [6, 6.07) is 14.4. The van der Waals surface area contributed by atoms with Crippen molar-refractivity contribution in [1.29, 1.82) is 0 Å². The third-order valence-corrected chi connectivity index (χ3v) is 6.16. The molecule has 1 atom stereocenters. The second-order valence-corrected chi connectivity index (χ2v) is 9.01. The number of hydrogen-bond acceptors (Lipinski definition) is 4. The summed E-state index contributed by atoms with van der Waals surface area (Å²) in [5.41, 5.74) is 1.53. The quantitative estimate of drug-likeness (QED) is 0.706. The van der Waals surface area contributed by atoms with Gasteiger partial charge in [0.05, 0.1) is 12.6 Å². The molecule has 2 fully saturated rings. The Morgan fingerprint density at radius 2 is 1.74 bits per heavy atom. The van der Waals surface area contributed by atoms with Crippen LogP contribution in [0.4, 0.5) is 9.18 Å². The molecule has 0 saturated carbocycles. The molecule has 0 aliphatic carbocycles.